The quantitative estimate of drug-likeness (QED) is 0.406. The first kappa shape index (κ1) is 20.3. The summed E-state index contributed by atoms with van der Waals surface area (Å²) in [6, 6.07) is 13.0. The van der Waals surface area contributed by atoms with Gasteiger partial charge in [-0.05, 0) is 48.2 Å². The van der Waals surface area contributed by atoms with E-state index in [4.69, 9.17) is 0 Å². The SMILES string of the molecule is CN=C(NCCc1ccc(F)cc1)NCCc1cccc(F)c1.I. The number of nitrogens with one attached hydrogen (secondary N) is 2. The molecule has 0 aromatic heterocycles. The molecule has 0 bridgehead atoms. The van der Waals surface area contributed by atoms with Crippen LogP contribution in [0.4, 0.5) is 8.78 Å². The van der Waals surface area contributed by atoms with Crippen molar-refractivity contribution in [1.82, 2.24) is 10.6 Å². The second kappa shape index (κ2) is 11.0. The molecule has 2 N–H and O–H groups in total. The summed E-state index contributed by atoms with van der Waals surface area (Å²) in [7, 11) is 1.70. The second-order valence-corrected chi connectivity index (χ2v) is 5.18. The Balaban J connectivity index is 0.00000288. The number of guanidine groups is 1. The van der Waals surface area contributed by atoms with Crippen molar-refractivity contribution in [2.45, 2.75) is 12.8 Å². The summed E-state index contributed by atoms with van der Waals surface area (Å²) in [6.07, 6.45) is 1.50. The minimum Gasteiger partial charge on any atom is -0.356 e. The lowest BCUT2D eigenvalue weighted by Gasteiger charge is -2.12. The van der Waals surface area contributed by atoms with Crippen LogP contribution in [-0.4, -0.2) is 26.1 Å². The van der Waals surface area contributed by atoms with E-state index in [2.05, 4.69) is 15.6 Å². The molecule has 0 spiro atoms. The molecule has 0 aliphatic heterocycles. The number of rotatable bonds is 6. The molecule has 2 rings (SSSR count). The zero-order chi connectivity index (χ0) is 16.5. The van der Waals surface area contributed by atoms with Gasteiger partial charge in [-0.1, -0.05) is 24.3 Å². The molecule has 0 aliphatic rings. The van der Waals surface area contributed by atoms with E-state index >= 15 is 0 Å². The summed E-state index contributed by atoms with van der Waals surface area (Å²) >= 11 is 0. The van der Waals surface area contributed by atoms with Crippen LogP contribution in [0.2, 0.25) is 0 Å². The first-order valence-electron chi connectivity index (χ1n) is 7.61. The molecular weight excluding hydrogens is 423 g/mol. The molecule has 24 heavy (non-hydrogen) atoms. The Kier molecular flexibility index (Phi) is 9.29. The van der Waals surface area contributed by atoms with Gasteiger partial charge in [0.25, 0.3) is 0 Å². The van der Waals surface area contributed by atoms with Gasteiger partial charge in [0, 0.05) is 20.1 Å². The Hall–Kier alpha value is -1.70. The average Bonchev–Trinajstić information content (AvgIpc) is 2.55. The van der Waals surface area contributed by atoms with Crippen molar-refractivity contribution in [2.24, 2.45) is 4.99 Å². The third kappa shape index (κ3) is 7.25. The number of nitrogens with zero attached hydrogens (tertiary/aromatic N) is 1. The molecule has 0 atom stereocenters. The van der Waals surface area contributed by atoms with E-state index < -0.39 is 0 Å². The van der Waals surface area contributed by atoms with Gasteiger partial charge in [0.1, 0.15) is 11.6 Å². The van der Waals surface area contributed by atoms with E-state index in [1.54, 1.807) is 25.2 Å². The maximum Gasteiger partial charge on any atom is 0.190 e. The third-order valence-corrected chi connectivity index (χ3v) is 3.44. The minimum atomic E-state index is -0.225. The standard InChI is InChI=1S/C18H21F2N3.HI/c1-21-18(22-11-9-14-5-7-16(19)8-6-14)23-12-10-15-3-2-4-17(20)13-15;/h2-8,13H,9-12H2,1H3,(H2,21,22,23);1H. The molecule has 0 radical (unpaired) electrons. The molecule has 0 unspecified atom stereocenters. The lowest BCUT2D eigenvalue weighted by Crippen LogP contribution is -2.39. The fraction of sp³-hybridized carbons (Fsp3) is 0.278. The highest BCUT2D eigenvalue weighted by Crippen LogP contribution is 2.04. The summed E-state index contributed by atoms with van der Waals surface area (Å²) in [5.41, 5.74) is 2.01. The van der Waals surface area contributed by atoms with E-state index in [1.165, 1.54) is 24.3 Å². The Labute approximate surface area is 158 Å². The van der Waals surface area contributed by atoms with Gasteiger partial charge in [0.15, 0.2) is 5.96 Å². The maximum absolute atomic E-state index is 13.1. The topological polar surface area (TPSA) is 36.4 Å². The average molecular weight is 445 g/mol. The predicted octanol–water partition coefficient (Wildman–Crippen LogP) is 3.53. The van der Waals surface area contributed by atoms with Crippen LogP contribution in [0.15, 0.2) is 53.5 Å². The van der Waals surface area contributed by atoms with Gasteiger partial charge in [-0.3, -0.25) is 4.99 Å². The largest absolute Gasteiger partial charge is 0.356 e. The third-order valence-electron chi connectivity index (χ3n) is 3.44. The normalized spacial score (nSPS) is 10.9. The van der Waals surface area contributed by atoms with Crippen LogP contribution in [0.1, 0.15) is 11.1 Å². The molecule has 3 nitrogen and oxygen atoms in total. The second-order valence-electron chi connectivity index (χ2n) is 5.18. The molecule has 2 aromatic carbocycles. The van der Waals surface area contributed by atoms with Crippen molar-refractivity contribution in [2.75, 3.05) is 20.1 Å². The summed E-state index contributed by atoms with van der Waals surface area (Å²) in [6.45, 7) is 1.37. The fourth-order valence-corrected chi connectivity index (χ4v) is 2.21. The number of hydrogen-bond donors (Lipinski definition) is 2. The highest BCUT2D eigenvalue weighted by molar-refractivity contribution is 14.0. The molecule has 130 valence electrons. The molecule has 2 aromatic rings. The van der Waals surface area contributed by atoms with Gasteiger partial charge in [-0.25, -0.2) is 8.78 Å². The van der Waals surface area contributed by atoms with Crippen molar-refractivity contribution in [3.8, 4) is 0 Å². The Bertz CT molecular complexity index is 645. The molecular formula is C18H22F2IN3. The van der Waals surface area contributed by atoms with Gasteiger partial charge >= 0.3 is 0 Å². The number of aliphatic imine (C=N–C) groups is 1. The van der Waals surface area contributed by atoms with Crippen LogP contribution in [0.5, 0.6) is 0 Å². The monoisotopic (exact) mass is 445 g/mol. The lowest BCUT2D eigenvalue weighted by atomic mass is 10.1. The van der Waals surface area contributed by atoms with Gasteiger partial charge in [0.2, 0.25) is 0 Å². The van der Waals surface area contributed by atoms with E-state index in [-0.39, 0.29) is 35.6 Å². The van der Waals surface area contributed by atoms with Gasteiger partial charge in [0.05, 0.1) is 0 Å². The van der Waals surface area contributed by atoms with Crippen LogP contribution in [-0.2, 0) is 12.8 Å². The molecule has 6 heteroatoms. The highest BCUT2D eigenvalue weighted by atomic mass is 127. The Morgan fingerprint density at radius 2 is 1.50 bits per heavy atom. The van der Waals surface area contributed by atoms with Gasteiger partial charge < -0.3 is 10.6 Å². The van der Waals surface area contributed by atoms with Crippen LogP contribution >= 0.6 is 24.0 Å². The van der Waals surface area contributed by atoms with Crippen molar-refractivity contribution in [1.29, 1.82) is 0 Å². The highest BCUT2D eigenvalue weighted by Gasteiger charge is 2.00. The molecule has 0 saturated carbocycles. The van der Waals surface area contributed by atoms with Crippen molar-refractivity contribution < 1.29 is 8.78 Å². The predicted molar refractivity (Wildman–Crippen MR) is 105 cm³/mol. The number of hydrogen-bond acceptors (Lipinski definition) is 1. The lowest BCUT2D eigenvalue weighted by molar-refractivity contribution is 0.624. The summed E-state index contributed by atoms with van der Waals surface area (Å²) in [5, 5.41) is 6.39. The van der Waals surface area contributed by atoms with Crippen LogP contribution < -0.4 is 10.6 Å². The molecule has 0 saturated heterocycles. The first-order valence-corrected chi connectivity index (χ1v) is 7.61. The molecule has 0 amide bonds. The van der Waals surface area contributed by atoms with Gasteiger partial charge in [-0.15, -0.1) is 24.0 Å². The van der Waals surface area contributed by atoms with Crippen molar-refractivity contribution >= 4 is 29.9 Å². The van der Waals surface area contributed by atoms with Crippen molar-refractivity contribution in [3.05, 3.63) is 71.3 Å². The maximum atomic E-state index is 13.1. The first-order chi connectivity index (χ1) is 11.2. The van der Waals surface area contributed by atoms with E-state index in [0.717, 1.165) is 24.0 Å². The van der Waals surface area contributed by atoms with Crippen LogP contribution in [0.25, 0.3) is 0 Å². The smallest absolute Gasteiger partial charge is 0.190 e. The summed E-state index contributed by atoms with van der Waals surface area (Å²) in [5.74, 6) is 0.254. The van der Waals surface area contributed by atoms with Gasteiger partial charge in [-0.2, -0.15) is 0 Å². The van der Waals surface area contributed by atoms with E-state index in [9.17, 15) is 8.78 Å². The summed E-state index contributed by atoms with van der Waals surface area (Å²) < 4.78 is 25.9. The van der Waals surface area contributed by atoms with E-state index in [0.29, 0.717) is 19.0 Å². The fourth-order valence-electron chi connectivity index (χ4n) is 2.21. The minimum absolute atomic E-state index is 0. The van der Waals surface area contributed by atoms with Crippen molar-refractivity contribution in [3.63, 3.8) is 0 Å². The molecule has 0 fully saturated rings. The Morgan fingerprint density at radius 1 is 0.875 bits per heavy atom. The zero-order valence-corrected chi connectivity index (χ0v) is 15.9. The zero-order valence-electron chi connectivity index (χ0n) is 13.6. The molecule has 0 aliphatic carbocycles. The van der Waals surface area contributed by atoms with Crippen LogP contribution in [0, 0.1) is 11.6 Å². The molecule has 0 heterocycles. The Morgan fingerprint density at radius 3 is 2.08 bits per heavy atom. The number of halogens is 3. The summed E-state index contributed by atoms with van der Waals surface area (Å²) in [4.78, 5) is 4.14. The van der Waals surface area contributed by atoms with Crippen LogP contribution in [0.3, 0.4) is 0 Å². The van der Waals surface area contributed by atoms with E-state index in [1.807, 2.05) is 6.07 Å². The number of benzene rings is 2.